The molecule has 0 aromatic heterocycles. The van der Waals surface area contributed by atoms with Crippen molar-refractivity contribution in [1.82, 2.24) is 4.90 Å². The zero-order chi connectivity index (χ0) is 19.2. The van der Waals surface area contributed by atoms with Gasteiger partial charge in [-0.2, -0.15) is 0 Å². The molecule has 0 aliphatic heterocycles. The Hall–Kier alpha value is -2.17. The van der Waals surface area contributed by atoms with Crippen molar-refractivity contribution in [2.45, 2.75) is 33.3 Å². The van der Waals surface area contributed by atoms with E-state index in [0.29, 0.717) is 17.7 Å². The minimum atomic E-state index is -1.82. The Kier molecular flexibility index (Phi) is 6.95. The lowest BCUT2D eigenvalue weighted by Gasteiger charge is -2.29. The van der Waals surface area contributed by atoms with Crippen LogP contribution < -0.4 is 0 Å². The molecule has 2 aromatic carbocycles. The number of esters is 1. The van der Waals surface area contributed by atoms with Crippen molar-refractivity contribution < 1.29 is 14.6 Å². The fourth-order valence-electron chi connectivity index (χ4n) is 3.10. The molecule has 4 heteroatoms. The quantitative estimate of drug-likeness (QED) is 0.737. The molecular formula is C22H29NO3. The normalized spacial score (nSPS) is 13.5. The third-order valence-electron chi connectivity index (χ3n) is 4.80. The molecular weight excluding hydrogens is 326 g/mol. The van der Waals surface area contributed by atoms with Crippen LogP contribution in [-0.4, -0.2) is 42.2 Å². The third-order valence-corrected chi connectivity index (χ3v) is 4.80. The maximum absolute atomic E-state index is 13.0. The smallest absolute Gasteiger partial charge is 0.347 e. The number of carbonyl (C=O) groups is 1. The molecule has 0 radical (unpaired) electrons. The van der Waals surface area contributed by atoms with E-state index >= 15 is 0 Å². The monoisotopic (exact) mass is 355 g/mol. The number of benzene rings is 2. The topological polar surface area (TPSA) is 49.8 Å². The van der Waals surface area contributed by atoms with E-state index < -0.39 is 11.6 Å². The van der Waals surface area contributed by atoms with Gasteiger partial charge >= 0.3 is 5.97 Å². The van der Waals surface area contributed by atoms with Crippen LogP contribution in [0.4, 0.5) is 0 Å². The second-order valence-corrected chi connectivity index (χ2v) is 6.56. The highest BCUT2D eigenvalue weighted by molar-refractivity contribution is 5.86. The number of aryl methyl sites for hydroxylation is 2. The number of rotatable bonds is 8. The lowest BCUT2D eigenvalue weighted by Crippen LogP contribution is -2.40. The summed E-state index contributed by atoms with van der Waals surface area (Å²) in [5, 5.41) is 11.5. The van der Waals surface area contributed by atoms with Gasteiger partial charge in [0, 0.05) is 12.1 Å². The molecule has 2 aromatic rings. The van der Waals surface area contributed by atoms with E-state index in [1.165, 1.54) is 0 Å². The molecule has 140 valence electrons. The standard InChI is InChI=1S/C22H29NO3/c1-5-23(6-2)14-15-26-21(24)22(25,19-10-8-7-9-11-19)20-16-17(3)12-13-18(20)4/h7-13,16,25H,5-6,14-15H2,1-4H3. The summed E-state index contributed by atoms with van der Waals surface area (Å²) in [6.07, 6.45) is 0. The van der Waals surface area contributed by atoms with Crippen molar-refractivity contribution in [3.05, 3.63) is 70.8 Å². The van der Waals surface area contributed by atoms with Crippen molar-refractivity contribution in [1.29, 1.82) is 0 Å². The number of aliphatic hydroxyl groups is 1. The Morgan fingerprint density at radius 2 is 1.73 bits per heavy atom. The molecule has 0 saturated carbocycles. The Bertz CT molecular complexity index is 725. The molecule has 0 saturated heterocycles. The zero-order valence-electron chi connectivity index (χ0n) is 16.2. The van der Waals surface area contributed by atoms with Gasteiger partial charge in [-0.3, -0.25) is 0 Å². The Morgan fingerprint density at radius 1 is 1.08 bits per heavy atom. The molecule has 0 aliphatic rings. The van der Waals surface area contributed by atoms with Crippen molar-refractivity contribution in [2.24, 2.45) is 0 Å². The number of ether oxygens (including phenoxy) is 1. The van der Waals surface area contributed by atoms with E-state index in [0.717, 1.165) is 24.2 Å². The summed E-state index contributed by atoms with van der Waals surface area (Å²) in [4.78, 5) is 15.2. The molecule has 0 aliphatic carbocycles. The maximum atomic E-state index is 13.0. The predicted molar refractivity (Wildman–Crippen MR) is 104 cm³/mol. The molecule has 1 atom stereocenters. The van der Waals surface area contributed by atoms with Gasteiger partial charge in [0.2, 0.25) is 5.60 Å². The average Bonchev–Trinajstić information content (AvgIpc) is 2.67. The fourth-order valence-corrected chi connectivity index (χ4v) is 3.10. The molecule has 0 spiro atoms. The first-order valence-corrected chi connectivity index (χ1v) is 9.18. The minimum absolute atomic E-state index is 0.251. The van der Waals surface area contributed by atoms with Gasteiger partial charge in [-0.05, 0) is 38.1 Å². The van der Waals surface area contributed by atoms with Crippen molar-refractivity contribution in [3.63, 3.8) is 0 Å². The minimum Gasteiger partial charge on any atom is -0.462 e. The molecule has 0 amide bonds. The molecule has 0 bridgehead atoms. The fraction of sp³-hybridized carbons (Fsp3) is 0.409. The molecule has 1 unspecified atom stereocenters. The summed E-state index contributed by atoms with van der Waals surface area (Å²) >= 11 is 0. The third kappa shape index (κ3) is 4.32. The van der Waals surface area contributed by atoms with E-state index in [1.807, 2.05) is 50.2 Å². The molecule has 0 heterocycles. The summed E-state index contributed by atoms with van der Waals surface area (Å²) < 4.78 is 5.51. The van der Waals surface area contributed by atoms with Crippen LogP contribution in [0.2, 0.25) is 0 Å². The van der Waals surface area contributed by atoms with Crippen LogP contribution in [0.3, 0.4) is 0 Å². The van der Waals surface area contributed by atoms with Crippen molar-refractivity contribution in [2.75, 3.05) is 26.2 Å². The highest BCUT2D eigenvalue weighted by Crippen LogP contribution is 2.33. The van der Waals surface area contributed by atoms with Crippen LogP contribution in [0.1, 0.15) is 36.1 Å². The van der Waals surface area contributed by atoms with Crippen molar-refractivity contribution in [3.8, 4) is 0 Å². The molecule has 0 fully saturated rings. The van der Waals surface area contributed by atoms with Gasteiger partial charge in [-0.1, -0.05) is 67.9 Å². The molecule has 4 nitrogen and oxygen atoms in total. The van der Waals surface area contributed by atoms with Gasteiger partial charge in [-0.15, -0.1) is 0 Å². The largest absolute Gasteiger partial charge is 0.462 e. The first kappa shape index (κ1) is 20.1. The number of hydrogen-bond donors (Lipinski definition) is 1. The van der Waals surface area contributed by atoms with Gasteiger partial charge in [0.05, 0.1) is 0 Å². The number of likely N-dealkylation sites (N-methyl/N-ethyl adjacent to an activating group) is 1. The summed E-state index contributed by atoms with van der Waals surface area (Å²) in [5.41, 5.74) is 1.09. The van der Waals surface area contributed by atoms with Gasteiger partial charge in [0.1, 0.15) is 6.61 Å². The van der Waals surface area contributed by atoms with E-state index in [9.17, 15) is 9.90 Å². The van der Waals surface area contributed by atoms with Crippen LogP contribution in [0, 0.1) is 13.8 Å². The molecule has 26 heavy (non-hydrogen) atoms. The maximum Gasteiger partial charge on any atom is 0.347 e. The number of nitrogens with zero attached hydrogens (tertiary/aromatic N) is 1. The lowest BCUT2D eigenvalue weighted by molar-refractivity contribution is -0.162. The van der Waals surface area contributed by atoms with Crippen LogP contribution in [0.25, 0.3) is 0 Å². The Morgan fingerprint density at radius 3 is 2.35 bits per heavy atom. The van der Waals surface area contributed by atoms with Gasteiger partial charge < -0.3 is 14.7 Å². The second-order valence-electron chi connectivity index (χ2n) is 6.56. The summed E-state index contributed by atoms with van der Waals surface area (Å²) in [7, 11) is 0. The summed E-state index contributed by atoms with van der Waals surface area (Å²) in [5.74, 6) is -0.635. The molecule has 2 rings (SSSR count). The average molecular weight is 355 g/mol. The first-order valence-electron chi connectivity index (χ1n) is 9.18. The van der Waals surface area contributed by atoms with Crippen LogP contribution in [-0.2, 0) is 15.1 Å². The van der Waals surface area contributed by atoms with E-state index in [1.54, 1.807) is 12.1 Å². The van der Waals surface area contributed by atoms with Crippen molar-refractivity contribution >= 4 is 5.97 Å². The Balaban J connectivity index is 2.36. The van der Waals surface area contributed by atoms with Crippen LogP contribution in [0.15, 0.2) is 48.5 Å². The summed E-state index contributed by atoms with van der Waals surface area (Å²) in [6, 6.07) is 14.7. The second kappa shape index (κ2) is 8.97. The SMILES string of the molecule is CCN(CC)CCOC(=O)C(O)(c1ccccc1)c1cc(C)ccc1C. The highest BCUT2D eigenvalue weighted by Gasteiger charge is 2.42. The van der Waals surface area contributed by atoms with Crippen LogP contribution in [0.5, 0.6) is 0 Å². The number of carbonyl (C=O) groups excluding carboxylic acids is 1. The number of hydrogen-bond acceptors (Lipinski definition) is 4. The van der Waals surface area contributed by atoms with Crippen LogP contribution >= 0.6 is 0 Å². The zero-order valence-corrected chi connectivity index (χ0v) is 16.2. The summed E-state index contributed by atoms with van der Waals surface area (Å²) in [6.45, 7) is 10.7. The highest BCUT2D eigenvalue weighted by atomic mass is 16.5. The first-order chi connectivity index (χ1) is 12.4. The van der Waals surface area contributed by atoms with Gasteiger partial charge in [0.15, 0.2) is 0 Å². The molecule has 1 N–H and O–H groups in total. The van der Waals surface area contributed by atoms with E-state index in [4.69, 9.17) is 4.74 Å². The van der Waals surface area contributed by atoms with Gasteiger partial charge in [0.25, 0.3) is 0 Å². The van der Waals surface area contributed by atoms with E-state index in [2.05, 4.69) is 18.7 Å². The Labute approximate surface area is 156 Å². The van der Waals surface area contributed by atoms with Gasteiger partial charge in [-0.25, -0.2) is 4.79 Å². The lowest BCUT2D eigenvalue weighted by atomic mass is 9.83. The van der Waals surface area contributed by atoms with E-state index in [-0.39, 0.29) is 6.61 Å². The predicted octanol–water partition coefficient (Wildman–Crippen LogP) is 3.42.